The van der Waals surface area contributed by atoms with Crippen LogP contribution >= 0.6 is 0 Å². The van der Waals surface area contributed by atoms with Crippen LogP contribution in [-0.2, 0) is 16.6 Å². The van der Waals surface area contributed by atoms with Gasteiger partial charge in [-0.1, -0.05) is 30.3 Å². The Bertz CT molecular complexity index is 712. The van der Waals surface area contributed by atoms with Crippen LogP contribution in [0.3, 0.4) is 0 Å². The molecule has 0 unspecified atom stereocenters. The van der Waals surface area contributed by atoms with Crippen molar-refractivity contribution in [3.63, 3.8) is 0 Å². The third kappa shape index (κ3) is 4.59. The van der Waals surface area contributed by atoms with Gasteiger partial charge in [0.1, 0.15) is 5.75 Å². The molecule has 0 spiro atoms. The van der Waals surface area contributed by atoms with Gasteiger partial charge < -0.3 is 10.1 Å². The average molecular weight is 306 g/mol. The molecule has 3 N–H and O–H groups in total. The summed E-state index contributed by atoms with van der Waals surface area (Å²) >= 11 is 0. The molecule has 0 heterocycles. The molecular formula is C14H14N2O4S. The number of benzene rings is 2. The smallest absolute Gasteiger partial charge is 0.410 e. The second-order valence-electron chi connectivity index (χ2n) is 4.25. The Kier molecular flexibility index (Phi) is 4.56. The van der Waals surface area contributed by atoms with Crippen molar-refractivity contribution in [2.45, 2.75) is 11.4 Å². The Labute approximate surface area is 122 Å². The summed E-state index contributed by atoms with van der Waals surface area (Å²) in [6, 6.07) is 14.6. The topological polar surface area (TPSA) is 98.5 Å². The Hall–Kier alpha value is -2.38. The molecule has 110 valence electrons. The van der Waals surface area contributed by atoms with Crippen LogP contribution in [0.4, 0.5) is 4.79 Å². The van der Waals surface area contributed by atoms with Gasteiger partial charge in [0.15, 0.2) is 0 Å². The van der Waals surface area contributed by atoms with Gasteiger partial charge >= 0.3 is 6.09 Å². The number of sulfonamides is 1. The highest BCUT2D eigenvalue weighted by Crippen LogP contribution is 2.10. The van der Waals surface area contributed by atoms with Crippen molar-refractivity contribution in [2.24, 2.45) is 5.14 Å². The molecule has 0 aliphatic rings. The fourth-order valence-electron chi connectivity index (χ4n) is 1.60. The number of amides is 1. The minimum atomic E-state index is -3.70. The molecule has 0 aliphatic carbocycles. The normalized spacial score (nSPS) is 10.9. The molecule has 0 saturated heterocycles. The van der Waals surface area contributed by atoms with Crippen LogP contribution in [0.5, 0.6) is 5.75 Å². The molecule has 0 aliphatic heterocycles. The van der Waals surface area contributed by atoms with E-state index in [4.69, 9.17) is 9.88 Å². The Morgan fingerprint density at radius 1 is 1.05 bits per heavy atom. The number of carbonyl (C=O) groups is 1. The zero-order chi connectivity index (χ0) is 15.3. The average Bonchev–Trinajstić information content (AvgIpc) is 2.46. The van der Waals surface area contributed by atoms with E-state index in [2.05, 4.69) is 5.32 Å². The SMILES string of the molecule is NS(=O)(=O)c1ccc(CNC(=O)Oc2ccccc2)cc1. The number of hydrogen-bond acceptors (Lipinski definition) is 4. The van der Waals surface area contributed by atoms with E-state index in [1.54, 1.807) is 36.4 Å². The number of nitrogens with two attached hydrogens (primary N) is 1. The lowest BCUT2D eigenvalue weighted by atomic mass is 10.2. The first kappa shape index (κ1) is 15.0. The number of para-hydroxylation sites is 1. The second kappa shape index (κ2) is 6.38. The van der Waals surface area contributed by atoms with E-state index in [1.807, 2.05) is 6.07 Å². The first-order valence-corrected chi connectivity index (χ1v) is 7.62. The first-order chi connectivity index (χ1) is 9.95. The first-order valence-electron chi connectivity index (χ1n) is 6.07. The van der Waals surface area contributed by atoms with Crippen molar-refractivity contribution in [1.82, 2.24) is 5.32 Å². The molecule has 1 amide bonds. The third-order valence-electron chi connectivity index (χ3n) is 2.64. The van der Waals surface area contributed by atoms with Gasteiger partial charge in [-0.2, -0.15) is 0 Å². The molecule has 0 radical (unpaired) electrons. The van der Waals surface area contributed by atoms with E-state index < -0.39 is 16.1 Å². The van der Waals surface area contributed by atoms with Gasteiger partial charge in [0, 0.05) is 6.54 Å². The minimum Gasteiger partial charge on any atom is -0.410 e. The number of ether oxygens (including phenoxy) is 1. The predicted octanol–water partition coefficient (Wildman–Crippen LogP) is 1.62. The van der Waals surface area contributed by atoms with Crippen molar-refractivity contribution < 1.29 is 17.9 Å². The summed E-state index contributed by atoms with van der Waals surface area (Å²) in [7, 11) is -3.70. The Morgan fingerprint density at radius 3 is 2.24 bits per heavy atom. The summed E-state index contributed by atoms with van der Waals surface area (Å²) in [5, 5.41) is 7.56. The summed E-state index contributed by atoms with van der Waals surface area (Å²) < 4.78 is 27.3. The molecule has 7 heteroatoms. The van der Waals surface area contributed by atoms with Crippen LogP contribution in [0.1, 0.15) is 5.56 Å². The van der Waals surface area contributed by atoms with E-state index in [1.165, 1.54) is 12.1 Å². The van der Waals surface area contributed by atoms with Crippen LogP contribution in [0, 0.1) is 0 Å². The highest BCUT2D eigenvalue weighted by molar-refractivity contribution is 7.89. The Balaban J connectivity index is 1.90. The van der Waals surface area contributed by atoms with Gasteiger partial charge in [0.05, 0.1) is 4.90 Å². The monoisotopic (exact) mass is 306 g/mol. The highest BCUT2D eigenvalue weighted by Gasteiger charge is 2.07. The van der Waals surface area contributed by atoms with Gasteiger partial charge in [0.25, 0.3) is 0 Å². The molecule has 2 aromatic carbocycles. The fourth-order valence-corrected chi connectivity index (χ4v) is 2.12. The van der Waals surface area contributed by atoms with Gasteiger partial charge in [-0.05, 0) is 29.8 Å². The lowest BCUT2D eigenvalue weighted by molar-refractivity contribution is 0.200. The van der Waals surface area contributed by atoms with Gasteiger partial charge in [-0.3, -0.25) is 0 Å². The number of carbonyl (C=O) groups excluding carboxylic acids is 1. The molecule has 0 saturated carbocycles. The predicted molar refractivity (Wildman–Crippen MR) is 77.1 cm³/mol. The van der Waals surface area contributed by atoms with Crippen LogP contribution in [0.25, 0.3) is 0 Å². The number of hydrogen-bond donors (Lipinski definition) is 2. The summed E-state index contributed by atoms with van der Waals surface area (Å²) in [4.78, 5) is 11.6. The van der Waals surface area contributed by atoms with Crippen molar-refractivity contribution in [2.75, 3.05) is 0 Å². The minimum absolute atomic E-state index is 0.0260. The van der Waals surface area contributed by atoms with Crippen LogP contribution < -0.4 is 15.2 Å². The zero-order valence-electron chi connectivity index (χ0n) is 11.0. The molecule has 0 aromatic heterocycles. The lowest BCUT2D eigenvalue weighted by Gasteiger charge is -2.07. The fraction of sp³-hybridized carbons (Fsp3) is 0.0714. The number of nitrogens with one attached hydrogen (secondary N) is 1. The largest absolute Gasteiger partial charge is 0.412 e. The number of primary sulfonamides is 1. The third-order valence-corrected chi connectivity index (χ3v) is 3.57. The van der Waals surface area contributed by atoms with Crippen LogP contribution in [-0.4, -0.2) is 14.5 Å². The van der Waals surface area contributed by atoms with Gasteiger partial charge in [-0.25, -0.2) is 18.4 Å². The highest BCUT2D eigenvalue weighted by atomic mass is 32.2. The summed E-state index contributed by atoms with van der Waals surface area (Å²) in [5.74, 6) is 0.444. The summed E-state index contributed by atoms with van der Waals surface area (Å²) in [5.41, 5.74) is 0.729. The molecule has 0 bridgehead atoms. The molecule has 0 fully saturated rings. The molecule has 6 nitrogen and oxygen atoms in total. The Morgan fingerprint density at radius 2 is 1.67 bits per heavy atom. The van der Waals surface area contributed by atoms with E-state index >= 15 is 0 Å². The maximum Gasteiger partial charge on any atom is 0.412 e. The maximum atomic E-state index is 11.6. The second-order valence-corrected chi connectivity index (χ2v) is 5.81. The van der Waals surface area contributed by atoms with E-state index in [0.29, 0.717) is 5.75 Å². The zero-order valence-corrected chi connectivity index (χ0v) is 11.8. The summed E-state index contributed by atoms with van der Waals surface area (Å²) in [6.07, 6.45) is -0.586. The van der Waals surface area contributed by atoms with Crippen molar-refractivity contribution in [3.8, 4) is 5.75 Å². The molecule has 0 atom stereocenters. The molecule has 21 heavy (non-hydrogen) atoms. The maximum absolute atomic E-state index is 11.6. The van der Waals surface area contributed by atoms with E-state index in [9.17, 15) is 13.2 Å². The summed E-state index contributed by atoms with van der Waals surface area (Å²) in [6.45, 7) is 0.219. The van der Waals surface area contributed by atoms with Crippen LogP contribution in [0.15, 0.2) is 59.5 Å². The number of rotatable bonds is 4. The molecule has 2 rings (SSSR count). The van der Waals surface area contributed by atoms with Gasteiger partial charge in [-0.15, -0.1) is 0 Å². The van der Waals surface area contributed by atoms with E-state index in [0.717, 1.165) is 5.56 Å². The van der Waals surface area contributed by atoms with E-state index in [-0.39, 0.29) is 11.4 Å². The molecular weight excluding hydrogens is 292 g/mol. The van der Waals surface area contributed by atoms with Crippen molar-refractivity contribution >= 4 is 16.1 Å². The van der Waals surface area contributed by atoms with Crippen LogP contribution in [0.2, 0.25) is 0 Å². The molecule has 2 aromatic rings. The van der Waals surface area contributed by atoms with Gasteiger partial charge in [0.2, 0.25) is 10.0 Å². The lowest BCUT2D eigenvalue weighted by Crippen LogP contribution is -2.26. The van der Waals surface area contributed by atoms with Crippen molar-refractivity contribution in [3.05, 3.63) is 60.2 Å². The van der Waals surface area contributed by atoms with Crippen molar-refractivity contribution in [1.29, 1.82) is 0 Å². The quantitative estimate of drug-likeness (QED) is 0.896. The standard InChI is InChI=1S/C14H14N2O4S/c15-21(18,19)13-8-6-11(7-9-13)10-16-14(17)20-12-4-2-1-3-5-12/h1-9H,10H2,(H,16,17)(H2,15,18,19).